The fourth-order valence-corrected chi connectivity index (χ4v) is 3.61. The van der Waals surface area contributed by atoms with E-state index in [-0.39, 0.29) is 23.3 Å². The van der Waals surface area contributed by atoms with E-state index < -0.39 is 5.97 Å². The Kier molecular flexibility index (Phi) is 7.30. The Balaban J connectivity index is 1.55. The van der Waals surface area contributed by atoms with Crippen molar-refractivity contribution in [3.05, 3.63) is 65.5 Å². The van der Waals surface area contributed by atoms with Crippen LogP contribution in [0.1, 0.15) is 41.7 Å². The van der Waals surface area contributed by atoms with Crippen molar-refractivity contribution in [1.29, 1.82) is 0 Å². The minimum Gasteiger partial charge on any atom is -0.483 e. The molecule has 0 bridgehead atoms. The highest BCUT2D eigenvalue weighted by Crippen LogP contribution is 2.24. The number of rotatable bonds is 9. The third kappa shape index (κ3) is 5.85. The zero-order valence-corrected chi connectivity index (χ0v) is 18.3. The van der Waals surface area contributed by atoms with Crippen LogP contribution in [0.3, 0.4) is 0 Å². The van der Waals surface area contributed by atoms with Crippen LogP contribution in [0.5, 0.6) is 5.75 Å². The van der Waals surface area contributed by atoms with Crippen LogP contribution in [0.15, 0.2) is 53.7 Å². The molecule has 0 spiro atoms. The van der Waals surface area contributed by atoms with Gasteiger partial charge in [-0.15, -0.1) is 10.2 Å². The third-order valence-electron chi connectivity index (χ3n) is 4.62. The molecule has 8 nitrogen and oxygen atoms in total. The number of aromatic carboxylic acids is 1. The van der Waals surface area contributed by atoms with E-state index in [2.05, 4.69) is 22.4 Å². The van der Waals surface area contributed by atoms with Gasteiger partial charge in [-0.05, 0) is 55.3 Å². The maximum Gasteiger partial charge on any atom is 0.335 e. The normalized spacial score (nSPS) is 11.7. The number of hydrogen-bond acceptors (Lipinski definition) is 6. The van der Waals surface area contributed by atoms with Gasteiger partial charge in [0.2, 0.25) is 5.91 Å². The molecule has 3 rings (SSSR count). The number of carbonyl (C=O) groups excluding carboxylic acids is 1. The second-order valence-electron chi connectivity index (χ2n) is 6.88. The summed E-state index contributed by atoms with van der Waals surface area (Å²) in [6, 6.07) is 13.9. The molecule has 0 fully saturated rings. The van der Waals surface area contributed by atoms with Crippen molar-refractivity contribution in [2.75, 3.05) is 11.1 Å². The molecule has 1 unspecified atom stereocenters. The minimum atomic E-state index is -1.01. The molecule has 9 heteroatoms. The van der Waals surface area contributed by atoms with Gasteiger partial charge in [-0.3, -0.25) is 4.79 Å². The van der Waals surface area contributed by atoms with Crippen molar-refractivity contribution in [3.8, 4) is 5.75 Å². The number of carboxylic acid groups (broad SMARTS) is 1. The van der Waals surface area contributed by atoms with Crippen LogP contribution in [0.4, 0.5) is 5.69 Å². The Hall–Kier alpha value is -3.33. The number of aryl methyl sites for hydroxylation is 1. The molecule has 1 atom stereocenters. The van der Waals surface area contributed by atoms with Crippen LogP contribution in [-0.2, 0) is 18.3 Å². The first-order valence-electron chi connectivity index (χ1n) is 9.78. The molecule has 0 aliphatic rings. The molecular weight excluding hydrogens is 416 g/mol. The Morgan fingerprint density at radius 2 is 1.81 bits per heavy atom. The molecule has 2 N–H and O–H groups in total. The van der Waals surface area contributed by atoms with Crippen molar-refractivity contribution in [1.82, 2.24) is 14.8 Å². The summed E-state index contributed by atoms with van der Waals surface area (Å²) in [5.41, 5.74) is 1.94. The number of hydrogen-bond donors (Lipinski definition) is 2. The number of aromatic nitrogens is 3. The number of carboxylic acids is 1. The molecule has 0 aliphatic carbocycles. The predicted molar refractivity (Wildman–Crippen MR) is 119 cm³/mol. The Morgan fingerprint density at radius 3 is 2.42 bits per heavy atom. The first-order valence-corrected chi connectivity index (χ1v) is 10.8. The monoisotopic (exact) mass is 440 g/mol. The lowest BCUT2D eigenvalue weighted by Gasteiger charge is -2.14. The molecule has 3 aromatic rings. The number of anilines is 1. The van der Waals surface area contributed by atoms with Crippen LogP contribution in [0.25, 0.3) is 0 Å². The van der Waals surface area contributed by atoms with E-state index in [1.807, 2.05) is 42.8 Å². The molecule has 0 aliphatic heterocycles. The van der Waals surface area contributed by atoms with Gasteiger partial charge in [-0.2, -0.15) is 0 Å². The quantitative estimate of drug-likeness (QED) is 0.485. The van der Waals surface area contributed by atoms with Gasteiger partial charge in [-0.25, -0.2) is 4.79 Å². The highest BCUT2D eigenvalue weighted by molar-refractivity contribution is 7.99. The molecule has 31 heavy (non-hydrogen) atoms. The first-order chi connectivity index (χ1) is 14.9. The molecule has 0 radical (unpaired) electrons. The van der Waals surface area contributed by atoms with Gasteiger partial charge >= 0.3 is 5.97 Å². The first kappa shape index (κ1) is 22.4. The summed E-state index contributed by atoms with van der Waals surface area (Å²) in [6.07, 6.45) is 0.668. The summed E-state index contributed by atoms with van der Waals surface area (Å²) in [5, 5.41) is 20.6. The van der Waals surface area contributed by atoms with Crippen LogP contribution in [0.2, 0.25) is 0 Å². The van der Waals surface area contributed by atoms with E-state index in [0.29, 0.717) is 16.7 Å². The molecule has 162 valence electrons. The van der Waals surface area contributed by atoms with Gasteiger partial charge in [-0.1, -0.05) is 30.8 Å². The molecule has 1 heterocycles. The van der Waals surface area contributed by atoms with E-state index in [9.17, 15) is 9.59 Å². The standard InChI is InChI=1S/C22H24N4O4S/c1-4-15-5-11-18(12-6-15)30-14(2)20-24-25-22(26(20)3)31-13-19(27)23-17-9-7-16(8-10-17)21(28)29/h5-12,14H,4,13H2,1-3H3,(H,23,27)(H,28,29). The van der Waals surface area contributed by atoms with E-state index in [0.717, 1.165) is 12.2 Å². The zero-order valence-electron chi connectivity index (χ0n) is 17.5. The molecule has 1 aromatic heterocycles. The fourth-order valence-electron chi connectivity index (χ4n) is 2.89. The Bertz CT molecular complexity index is 1050. The number of thioether (sulfide) groups is 1. The second kappa shape index (κ2) is 10.1. The highest BCUT2D eigenvalue weighted by atomic mass is 32.2. The van der Waals surface area contributed by atoms with E-state index in [1.165, 1.54) is 29.5 Å². The van der Waals surface area contributed by atoms with Crippen molar-refractivity contribution in [2.45, 2.75) is 31.5 Å². The number of amides is 1. The number of nitrogens with zero attached hydrogens (tertiary/aromatic N) is 3. The van der Waals surface area contributed by atoms with Crippen molar-refractivity contribution >= 4 is 29.3 Å². The second-order valence-corrected chi connectivity index (χ2v) is 7.82. The van der Waals surface area contributed by atoms with Gasteiger partial charge < -0.3 is 19.7 Å². The number of nitrogens with one attached hydrogen (secondary N) is 1. The average molecular weight is 441 g/mol. The van der Waals surface area contributed by atoms with E-state index in [1.54, 1.807) is 12.1 Å². The molecule has 0 saturated heterocycles. The van der Waals surface area contributed by atoms with Gasteiger partial charge in [0.15, 0.2) is 17.1 Å². The van der Waals surface area contributed by atoms with Gasteiger partial charge in [0, 0.05) is 12.7 Å². The summed E-state index contributed by atoms with van der Waals surface area (Å²) in [6.45, 7) is 4.01. The molecule has 0 saturated carbocycles. The Labute approximate surface area is 184 Å². The van der Waals surface area contributed by atoms with Gasteiger partial charge in [0.1, 0.15) is 5.75 Å². The molecule has 1 amide bonds. The van der Waals surface area contributed by atoms with Crippen LogP contribution < -0.4 is 10.1 Å². The number of carbonyl (C=O) groups is 2. The predicted octanol–water partition coefficient (Wildman–Crippen LogP) is 3.95. The SMILES string of the molecule is CCc1ccc(OC(C)c2nnc(SCC(=O)Nc3ccc(C(=O)O)cc3)n2C)cc1. The number of ether oxygens (including phenoxy) is 1. The number of benzene rings is 2. The van der Waals surface area contributed by atoms with Crippen LogP contribution in [-0.4, -0.2) is 37.5 Å². The van der Waals surface area contributed by atoms with Crippen molar-refractivity contribution in [3.63, 3.8) is 0 Å². The molecular formula is C22H24N4O4S. The summed E-state index contributed by atoms with van der Waals surface area (Å²) in [7, 11) is 1.83. The lowest BCUT2D eigenvalue weighted by Crippen LogP contribution is -2.15. The maximum absolute atomic E-state index is 12.2. The van der Waals surface area contributed by atoms with Crippen LogP contribution >= 0.6 is 11.8 Å². The summed E-state index contributed by atoms with van der Waals surface area (Å²) in [4.78, 5) is 23.1. The lowest BCUT2D eigenvalue weighted by atomic mass is 10.2. The van der Waals surface area contributed by atoms with Gasteiger partial charge in [0.05, 0.1) is 11.3 Å². The largest absolute Gasteiger partial charge is 0.483 e. The molecule has 2 aromatic carbocycles. The van der Waals surface area contributed by atoms with E-state index >= 15 is 0 Å². The minimum absolute atomic E-state index is 0.139. The summed E-state index contributed by atoms with van der Waals surface area (Å²) < 4.78 is 7.78. The smallest absolute Gasteiger partial charge is 0.335 e. The zero-order chi connectivity index (χ0) is 22.4. The van der Waals surface area contributed by atoms with E-state index in [4.69, 9.17) is 9.84 Å². The third-order valence-corrected chi connectivity index (χ3v) is 5.64. The lowest BCUT2D eigenvalue weighted by molar-refractivity contribution is -0.113. The topological polar surface area (TPSA) is 106 Å². The highest BCUT2D eigenvalue weighted by Gasteiger charge is 2.18. The van der Waals surface area contributed by atoms with Crippen molar-refractivity contribution < 1.29 is 19.4 Å². The van der Waals surface area contributed by atoms with Gasteiger partial charge in [0.25, 0.3) is 0 Å². The summed E-state index contributed by atoms with van der Waals surface area (Å²) in [5.74, 6) is 0.322. The summed E-state index contributed by atoms with van der Waals surface area (Å²) >= 11 is 1.26. The average Bonchev–Trinajstić information content (AvgIpc) is 3.13. The Morgan fingerprint density at radius 1 is 1.13 bits per heavy atom. The fraction of sp³-hybridized carbons (Fsp3) is 0.273. The van der Waals surface area contributed by atoms with Crippen LogP contribution in [0, 0.1) is 0 Å². The maximum atomic E-state index is 12.2. The van der Waals surface area contributed by atoms with Crippen molar-refractivity contribution in [2.24, 2.45) is 7.05 Å².